The third-order valence-electron chi connectivity index (χ3n) is 5.55. The van der Waals surface area contributed by atoms with Crippen LogP contribution in [0.2, 0.25) is 0 Å². The van der Waals surface area contributed by atoms with Gasteiger partial charge in [0.1, 0.15) is 11.6 Å². The molecule has 2 N–H and O–H groups in total. The molecule has 0 atom stereocenters. The quantitative estimate of drug-likeness (QED) is 0.709. The van der Waals surface area contributed by atoms with E-state index in [0.29, 0.717) is 18.9 Å². The van der Waals surface area contributed by atoms with Gasteiger partial charge in [-0.1, -0.05) is 0 Å². The van der Waals surface area contributed by atoms with Gasteiger partial charge >= 0.3 is 0 Å². The summed E-state index contributed by atoms with van der Waals surface area (Å²) in [7, 11) is 0. The molecule has 152 valence electrons. The fraction of sp³-hybridized carbons (Fsp3) is 0.381. The summed E-state index contributed by atoms with van der Waals surface area (Å²) in [6, 6.07) is 6.51. The van der Waals surface area contributed by atoms with Gasteiger partial charge in [0.2, 0.25) is 11.8 Å². The Morgan fingerprint density at radius 3 is 2.76 bits per heavy atom. The van der Waals surface area contributed by atoms with Crippen LogP contribution in [0.3, 0.4) is 0 Å². The van der Waals surface area contributed by atoms with Gasteiger partial charge in [0, 0.05) is 42.7 Å². The molecule has 8 heteroatoms. The highest BCUT2D eigenvalue weighted by Gasteiger charge is 2.26. The molecule has 3 aromatic rings. The van der Waals surface area contributed by atoms with E-state index >= 15 is 0 Å². The van der Waals surface area contributed by atoms with E-state index in [1.165, 1.54) is 19.1 Å². The van der Waals surface area contributed by atoms with E-state index in [9.17, 15) is 14.0 Å². The first-order valence-corrected chi connectivity index (χ1v) is 9.78. The minimum absolute atomic E-state index is 0.0410. The Labute approximate surface area is 167 Å². The second-order valence-electron chi connectivity index (χ2n) is 7.55. The summed E-state index contributed by atoms with van der Waals surface area (Å²) in [5.41, 5.74) is 2.59. The number of nitrogens with one attached hydrogen (secondary N) is 2. The third-order valence-corrected chi connectivity index (χ3v) is 5.55. The molecule has 0 radical (unpaired) electrons. The maximum Gasteiger partial charge on any atom is 0.227 e. The molecule has 7 nitrogen and oxygen atoms in total. The second-order valence-corrected chi connectivity index (χ2v) is 7.55. The zero-order chi connectivity index (χ0) is 20.5. The number of benzene rings is 1. The van der Waals surface area contributed by atoms with Crippen molar-refractivity contribution in [2.75, 3.05) is 18.4 Å². The number of hydrogen-bond acceptors (Lipinski definition) is 3. The Kier molecular flexibility index (Phi) is 5.08. The first-order chi connectivity index (χ1) is 13.9. The molecule has 3 heterocycles. The molecule has 0 bridgehead atoms. The fourth-order valence-corrected chi connectivity index (χ4v) is 4.09. The minimum atomic E-state index is -0.305. The van der Waals surface area contributed by atoms with E-state index in [0.717, 1.165) is 35.0 Å². The van der Waals surface area contributed by atoms with Crippen LogP contribution >= 0.6 is 0 Å². The van der Waals surface area contributed by atoms with Crippen molar-refractivity contribution >= 4 is 28.5 Å². The normalized spacial score (nSPS) is 15.1. The van der Waals surface area contributed by atoms with Gasteiger partial charge in [0.15, 0.2) is 0 Å². The van der Waals surface area contributed by atoms with Crippen molar-refractivity contribution in [3.05, 3.63) is 47.5 Å². The first-order valence-electron chi connectivity index (χ1n) is 9.78. The molecule has 2 amide bonds. The van der Waals surface area contributed by atoms with Crippen molar-refractivity contribution in [1.82, 2.24) is 19.7 Å². The van der Waals surface area contributed by atoms with Crippen molar-refractivity contribution in [2.24, 2.45) is 0 Å². The lowest BCUT2D eigenvalue weighted by molar-refractivity contribution is -0.131. The van der Waals surface area contributed by atoms with Gasteiger partial charge in [-0.15, -0.1) is 0 Å². The van der Waals surface area contributed by atoms with Gasteiger partial charge in [0.25, 0.3) is 0 Å². The number of nitrogens with zero attached hydrogens (tertiary/aromatic N) is 3. The minimum Gasteiger partial charge on any atom is -0.358 e. The molecule has 1 saturated heterocycles. The first kappa shape index (κ1) is 19.2. The SMILES string of the molecule is CC(=O)Nc1ccnn1C1CCN(C(=O)Cc2c(C)[nH]c3ccc(F)cc23)CC1. The highest BCUT2D eigenvalue weighted by molar-refractivity contribution is 5.90. The van der Waals surface area contributed by atoms with Crippen LogP contribution in [-0.4, -0.2) is 44.6 Å². The van der Waals surface area contributed by atoms with Crippen LogP contribution in [0, 0.1) is 12.7 Å². The van der Waals surface area contributed by atoms with Crippen LogP contribution < -0.4 is 5.32 Å². The summed E-state index contributed by atoms with van der Waals surface area (Å²) in [4.78, 5) is 29.3. The second kappa shape index (κ2) is 7.69. The molecule has 1 aromatic carbocycles. The molecule has 2 aromatic heterocycles. The Bertz CT molecular complexity index is 1060. The van der Waals surface area contributed by atoms with E-state index in [-0.39, 0.29) is 30.1 Å². The zero-order valence-electron chi connectivity index (χ0n) is 16.5. The van der Waals surface area contributed by atoms with Crippen LogP contribution in [0.5, 0.6) is 0 Å². The number of H-pyrrole nitrogens is 1. The van der Waals surface area contributed by atoms with E-state index in [1.807, 2.05) is 16.5 Å². The van der Waals surface area contributed by atoms with Gasteiger partial charge in [-0.2, -0.15) is 5.10 Å². The van der Waals surface area contributed by atoms with Crippen molar-refractivity contribution in [2.45, 2.75) is 39.2 Å². The number of hydrogen-bond donors (Lipinski definition) is 2. The van der Waals surface area contributed by atoms with Gasteiger partial charge in [-0.25, -0.2) is 9.07 Å². The maximum absolute atomic E-state index is 13.7. The van der Waals surface area contributed by atoms with E-state index in [2.05, 4.69) is 15.4 Å². The fourth-order valence-electron chi connectivity index (χ4n) is 4.09. The standard InChI is InChI=1S/C21H24FN5O2/c1-13-17(18-11-15(22)3-4-19(18)24-13)12-21(29)26-9-6-16(7-10-26)27-20(5-8-23-27)25-14(2)28/h3-5,8,11,16,24H,6-7,9-10,12H2,1-2H3,(H,25,28). The number of amides is 2. The van der Waals surface area contributed by atoms with Gasteiger partial charge in [-0.3, -0.25) is 9.59 Å². The average Bonchev–Trinajstić information content (AvgIpc) is 3.26. The van der Waals surface area contributed by atoms with Gasteiger partial charge < -0.3 is 15.2 Å². The number of rotatable bonds is 4. The number of fused-ring (bicyclic) bond motifs is 1. The number of aromatic nitrogens is 3. The molecule has 29 heavy (non-hydrogen) atoms. The smallest absolute Gasteiger partial charge is 0.227 e. The lowest BCUT2D eigenvalue weighted by atomic mass is 10.0. The summed E-state index contributed by atoms with van der Waals surface area (Å²) in [6.07, 6.45) is 3.45. The summed E-state index contributed by atoms with van der Waals surface area (Å²) in [5.74, 6) is 0.281. The number of carbonyl (C=O) groups excluding carboxylic acids is 2. The topological polar surface area (TPSA) is 83.0 Å². The number of carbonyl (C=O) groups is 2. The van der Waals surface area contributed by atoms with Crippen LogP contribution in [0.1, 0.15) is 37.1 Å². The number of halogens is 1. The molecule has 1 fully saturated rings. The largest absolute Gasteiger partial charge is 0.358 e. The predicted octanol–water partition coefficient (Wildman–Crippen LogP) is 3.18. The maximum atomic E-state index is 13.7. The Balaban J connectivity index is 1.43. The van der Waals surface area contributed by atoms with Crippen molar-refractivity contribution < 1.29 is 14.0 Å². The highest BCUT2D eigenvalue weighted by Crippen LogP contribution is 2.27. The molecule has 0 unspecified atom stereocenters. The lowest BCUT2D eigenvalue weighted by Crippen LogP contribution is -2.40. The summed E-state index contributed by atoms with van der Waals surface area (Å²) in [5, 5.41) is 7.89. The third kappa shape index (κ3) is 3.87. The molecule has 0 saturated carbocycles. The van der Waals surface area contributed by atoms with Crippen molar-refractivity contribution in [3.63, 3.8) is 0 Å². The summed E-state index contributed by atoms with van der Waals surface area (Å²) >= 11 is 0. The molecule has 0 aliphatic carbocycles. The van der Waals surface area contributed by atoms with E-state index in [1.54, 1.807) is 18.3 Å². The molecule has 1 aliphatic heterocycles. The van der Waals surface area contributed by atoms with Crippen LogP contribution in [0.25, 0.3) is 10.9 Å². The average molecular weight is 397 g/mol. The zero-order valence-corrected chi connectivity index (χ0v) is 16.5. The molecular formula is C21H24FN5O2. The van der Waals surface area contributed by atoms with Crippen molar-refractivity contribution in [3.8, 4) is 0 Å². The monoisotopic (exact) mass is 397 g/mol. The van der Waals surface area contributed by atoms with Gasteiger partial charge in [-0.05, 0) is 43.5 Å². The van der Waals surface area contributed by atoms with Crippen LogP contribution in [0.15, 0.2) is 30.5 Å². The number of piperidine rings is 1. The Morgan fingerprint density at radius 1 is 1.28 bits per heavy atom. The van der Waals surface area contributed by atoms with Crippen molar-refractivity contribution in [1.29, 1.82) is 0 Å². The number of aryl methyl sites for hydroxylation is 1. The highest BCUT2D eigenvalue weighted by atomic mass is 19.1. The Hall–Kier alpha value is -3.16. The van der Waals surface area contributed by atoms with Crippen LogP contribution in [0.4, 0.5) is 10.2 Å². The van der Waals surface area contributed by atoms with E-state index < -0.39 is 0 Å². The number of likely N-dealkylation sites (tertiary alicyclic amines) is 1. The summed E-state index contributed by atoms with van der Waals surface area (Å²) in [6.45, 7) is 4.63. The van der Waals surface area contributed by atoms with Gasteiger partial charge in [0.05, 0.1) is 18.7 Å². The lowest BCUT2D eigenvalue weighted by Gasteiger charge is -2.32. The number of aromatic amines is 1. The molecule has 0 spiro atoms. The summed E-state index contributed by atoms with van der Waals surface area (Å²) < 4.78 is 15.5. The van der Waals surface area contributed by atoms with Crippen LogP contribution in [-0.2, 0) is 16.0 Å². The molecule has 1 aliphatic rings. The predicted molar refractivity (Wildman–Crippen MR) is 108 cm³/mol. The number of anilines is 1. The van der Waals surface area contributed by atoms with E-state index in [4.69, 9.17) is 0 Å². The Morgan fingerprint density at radius 2 is 2.03 bits per heavy atom. The molecule has 4 rings (SSSR count). The molecular weight excluding hydrogens is 373 g/mol.